The Hall–Kier alpha value is -1.07. The first-order valence-electron chi connectivity index (χ1n) is 7.21. The maximum Gasteiger partial charge on any atom is 0.175 e. The van der Waals surface area contributed by atoms with Gasteiger partial charge in [0, 0.05) is 18.5 Å². The van der Waals surface area contributed by atoms with Crippen molar-refractivity contribution >= 4 is 15.5 Å². The molecular formula is C15H23NO3S. The highest BCUT2D eigenvalue weighted by atomic mass is 32.2. The second-order valence-electron chi connectivity index (χ2n) is 5.35. The lowest BCUT2D eigenvalue weighted by molar-refractivity contribution is 0.0347. The molecule has 1 fully saturated rings. The van der Waals surface area contributed by atoms with Gasteiger partial charge >= 0.3 is 0 Å². The van der Waals surface area contributed by atoms with Crippen LogP contribution >= 0.6 is 0 Å². The lowest BCUT2D eigenvalue weighted by atomic mass is 9.98. The Kier molecular flexibility index (Phi) is 5.43. The molecule has 0 heterocycles. The largest absolute Gasteiger partial charge is 0.383 e. The monoisotopic (exact) mass is 297 g/mol. The normalized spacial score (nSPS) is 17.1. The zero-order valence-corrected chi connectivity index (χ0v) is 12.8. The minimum Gasteiger partial charge on any atom is -0.383 e. The summed E-state index contributed by atoms with van der Waals surface area (Å²) in [5.41, 5.74) is 0.921. The zero-order valence-electron chi connectivity index (χ0n) is 12.0. The number of hydrogen-bond acceptors (Lipinski definition) is 4. The van der Waals surface area contributed by atoms with Crippen molar-refractivity contribution in [3.63, 3.8) is 0 Å². The number of ether oxygens (including phenoxy) is 1. The maximum atomic E-state index is 11.3. The number of nitrogens with one attached hydrogen (secondary N) is 1. The predicted octanol–water partition coefficient (Wildman–Crippen LogP) is 2.85. The average Bonchev–Trinajstić information content (AvgIpc) is 2.44. The van der Waals surface area contributed by atoms with Crippen molar-refractivity contribution in [2.75, 3.05) is 24.7 Å². The smallest absolute Gasteiger partial charge is 0.175 e. The van der Waals surface area contributed by atoms with Crippen molar-refractivity contribution < 1.29 is 13.2 Å². The van der Waals surface area contributed by atoms with E-state index in [1.54, 1.807) is 24.3 Å². The van der Waals surface area contributed by atoms with Crippen molar-refractivity contribution in [1.82, 2.24) is 0 Å². The fraction of sp³-hybridized carbons (Fsp3) is 0.600. The van der Waals surface area contributed by atoms with Crippen LogP contribution in [-0.4, -0.2) is 33.9 Å². The summed E-state index contributed by atoms with van der Waals surface area (Å²) in [6, 6.07) is 6.83. The molecule has 20 heavy (non-hydrogen) atoms. The Labute approximate surface area is 121 Å². The molecule has 0 spiro atoms. The fourth-order valence-corrected chi connectivity index (χ4v) is 3.10. The Balaban J connectivity index is 1.71. The Morgan fingerprint density at radius 2 is 1.80 bits per heavy atom. The summed E-state index contributed by atoms with van der Waals surface area (Å²) in [4.78, 5) is 0.349. The van der Waals surface area contributed by atoms with Crippen molar-refractivity contribution in [3.8, 4) is 0 Å². The van der Waals surface area contributed by atoms with Crippen LogP contribution in [0.1, 0.15) is 32.1 Å². The first-order valence-corrected chi connectivity index (χ1v) is 9.10. The summed E-state index contributed by atoms with van der Waals surface area (Å²) < 4.78 is 28.5. The van der Waals surface area contributed by atoms with Crippen LogP contribution in [0.15, 0.2) is 29.2 Å². The summed E-state index contributed by atoms with van der Waals surface area (Å²) in [5.74, 6) is 0. The first kappa shape index (κ1) is 15.3. The Morgan fingerprint density at radius 1 is 1.15 bits per heavy atom. The highest BCUT2D eigenvalue weighted by Crippen LogP contribution is 2.20. The fourth-order valence-electron chi connectivity index (χ4n) is 2.47. The van der Waals surface area contributed by atoms with Crippen LogP contribution in [0.2, 0.25) is 0 Å². The van der Waals surface area contributed by atoms with E-state index in [0.29, 0.717) is 17.6 Å². The zero-order chi connectivity index (χ0) is 14.4. The molecule has 0 atom stereocenters. The van der Waals surface area contributed by atoms with Crippen molar-refractivity contribution in [2.45, 2.75) is 43.1 Å². The number of anilines is 1. The lowest BCUT2D eigenvalue weighted by Crippen LogP contribution is -2.20. The molecule has 1 aromatic carbocycles. The molecule has 0 aliphatic heterocycles. The topological polar surface area (TPSA) is 55.4 Å². The van der Waals surface area contributed by atoms with E-state index >= 15 is 0 Å². The number of benzene rings is 1. The molecule has 0 unspecified atom stereocenters. The molecule has 0 saturated heterocycles. The number of sulfone groups is 1. The molecule has 1 aromatic rings. The van der Waals surface area contributed by atoms with Crippen LogP contribution < -0.4 is 5.32 Å². The second kappa shape index (κ2) is 7.09. The van der Waals surface area contributed by atoms with E-state index in [1.807, 2.05) is 0 Å². The van der Waals surface area contributed by atoms with Crippen molar-refractivity contribution in [3.05, 3.63) is 24.3 Å². The van der Waals surface area contributed by atoms with Gasteiger partial charge in [0.1, 0.15) is 0 Å². The molecule has 1 aliphatic carbocycles. The van der Waals surface area contributed by atoms with Crippen LogP contribution in [0.25, 0.3) is 0 Å². The standard InChI is InChI=1S/C15H23NO3S/c1-20(17,18)15-9-7-13(8-10-15)16-11-12-19-14-5-3-2-4-6-14/h7-10,14,16H,2-6,11-12H2,1H3. The molecule has 0 amide bonds. The van der Waals surface area contributed by atoms with Gasteiger partial charge in [-0.1, -0.05) is 19.3 Å². The molecule has 0 bridgehead atoms. The van der Waals surface area contributed by atoms with Crippen LogP contribution in [0.3, 0.4) is 0 Å². The average molecular weight is 297 g/mol. The molecule has 1 N–H and O–H groups in total. The third-order valence-corrected chi connectivity index (χ3v) is 4.75. The molecule has 1 aliphatic rings. The third kappa shape index (κ3) is 4.80. The summed E-state index contributed by atoms with van der Waals surface area (Å²) >= 11 is 0. The van der Waals surface area contributed by atoms with Crippen LogP contribution in [0, 0.1) is 0 Å². The molecular weight excluding hydrogens is 274 g/mol. The molecule has 0 radical (unpaired) electrons. The molecule has 1 saturated carbocycles. The summed E-state index contributed by atoms with van der Waals surface area (Å²) in [7, 11) is -3.11. The quantitative estimate of drug-likeness (QED) is 0.820. The van der Waals surface area contributed by atoms with E-state index in [9.17, 15) is 8.42 Å². The van der Waals surface area contributed by atoms with Gasteiger partial charge in [0.2, 0.25) is 0 Å². The van der Waals surface area contributed by atoms with Gasteiger partial charge in [-0.15, -0.1) is 0 Å². The van der Waals surface area contributed by atoms with Gasteiger partial charge in [-0.2, -0.15) is 0 Å². The molecule has 5 heteroatoms. The summed E-state index contributed by atoms with van der Waals surface area (Å²) in [5, 5.41) is 3.24. The minimum absolute atomic E-state index is 0.349. The van der Waals surface area contributed by atoms with Gasteiger partial charge in [-0.3, -0.25) is 0 Å². The highest BCUT2D eigenvalue weighted by molar-refractivity contribution is 7.90. The summed E-state index contributed by atoms with van der Waals surface area (Å²) in [6.07, 6.45) is 7.92. The summed E-state index contributed by atoms with van der Waals surface area (Å²) in [6.45, 7) is 1.44. The third-order valence-electron chi connectivity index (χ3n) is 3.62. The van der Waals surface area contributed by atoms with Crippen molar-refractivity contribution in [1.29, 1.82) is 0 Å². The van der Waals surface area contributed by atoms with E-state index in [1.165, 1.54) is 38.4 Å². The van der Waals surface area contributed by atoms with Gasteiger partial charge in [-0.25, -0.2) is 8.42 Å². The first-order chi connectivity index (χ1) is 9.55. The lowest BCUT2D eigenvalue weighted by Gasteiger charge is -2.22. The highest BCUT2D eigenvalue weighted by Gasteiger charge is 2.13. The van der Waals surface area contributed by atoms with Gasteiger partial charge in [0.15, 0.2) is 9.84 Å². The van der Waals surface area contributed by atoms with E-state index < -0.39 is 9.84 Å². The van der Waals surface area contributed by atoms with E-state index in [-0.39, 0.29) is 0 Å². The Morgan fingerprint density at radius 3 is 2.40 bits per heavy atom. The molecule has 4 nitrogen and oxygen atoms in total. The SMILES string of the molecule is CS(=O)(=O)c1ccc(NCCOC2CCCCC2)cc1. The predicted molar refractivity (Wildman–Crippen MR) is 80.9 cm³/mol. The van der Waals surface area contributed by atoms with Crippen LogP contribution in [-0.2, 0) is 14.6 Å². The number of rotatable bonds is 6. The van der Waals surface area contributed by atoms with Gasteiger partial charge in [0.05, 0.1) is 17.6 Å². The molecule has 0 aromatic heterocycles. The Bertz CT molecular complexity index is 504. The van der Waals surface area contributed by atoms with Crippen LogP contribution in [0.4, 0.5) is 5.69 Å². The minimum atomic E-state index is -3.11. The van der Waals surface area contributed by atoms with Gasteiger partial charge in [0.25, 0.3) is 0 Å². The second-order valence-corrected chi connectivity index (χ2v) is 7.37. The molecule has 112 valence electrons. The maximum absolute atomic E-state index is 11.3. The van der Waals surface area contributed by atoms with E-state index in [4.69, 9.17) is 4.74 Å². The van der Waals surface area contributed by atoms with Gasteiger partial charge in [-0.05, 0) is 37.1 Å². The van der Waals surface area contributed by atoms with Gasteiger partial charge < -0.3 is 10.1 Å². The van der Waals surface area contributed by atoms with E-state index in [2.05, 4.69) is 5.32 Å². The van der Waals surface area contributed by atoms with Crippen molar-refractivity contribution in [2.24, 2.45) is 0 Å². The number of hydrogen-bond donors (Lipinski definition) is 1. The molecule has 2 rings (SSSR count). The van der Waals surface area contributed by atoms with E-state index in [0.717, 1.165) is 12.2 Å². The van der Waals surface area contributed by atoms with Crippen LogP contribution in [0.5, 0.6) is 0 Å².